The molecule has 0 aliphatic heterocycles. The van der Waals surface area contributed by atoms with Crippen LogP contribution in [0.25, 0.3) is 22.2 Å². The molecule has 5 nitrogen and oxygen atoms in total. The fourth-order valence-corrected chi connectivity index (χ4v) is 3.66. The molecule has 0 fully saturated rings. The fraction of sp³-hybridized carbons (Fsp3) is 0.120. The maximum Gasteiger partial charge on any atom is 0.323 e. The highest BCUT2D eigenvalue weighted by atomic mass is 35.5. The number of fused-ring (bicyclic) bond motifs is 1. The van der Waals surface area contributed by atoms with Crippen molar-refractivity contribution < 1.29 is 9.53 Å². The minimum Gasteiger partial charge on any atom is -0.496 e. The number of aromatic nitrogens is 1. The summed E-state index contributed by atoms with van der Waals surface area (Å²) in [6.45, 7) is 2.05. The van der Waals surface area contributed by atoms with E-state index in [1.165, 1.54) is 0 Å². The second-order valence-electron chi connectivity index (χ2n) is 7.04. The summed E-state index contributed by atoms with van der Waals surface area (Å²) in [5.74, 6) is 0.667. The molecule has 0 saturated carbocycles. The molecular formula is C25H22ClN3O2. The van der Waals surface area contributed by atoms with Crippen molar-refractivity contribution in [3.63, 3.8) is 0 Å². The van der Waals surface area contributed by atoms with Crippen LogP contribution < -0.4 is 15.4 Å². The number of nitrogens with zero attached hydrogens (tertiary/aromatic N) is 1. The number of nitrogens with one attached hydrogen (secondary N) is 2. The Morgan fingerprint density at radius 2 is 1.84 bits per heavy atom. The largest absolute Gasteiger partial charge is 0.496 e. The highest BCUT2D eigenvalue weighted by Crippen LogP contribution is 2.32. The molecule has 0 bridgehead atoms. The second-order valence-corrected chi connectivity index (χ2v) is 7.48. The standard InChI is InChI=1S/C25H22ClN3O2/c1-3-16-7-4-5-10-21(16)29-25(30)27-19-11-12-22-20(14-19)24(31-2)15-23(28-22)17-8-6-9-18(26)13-17/h4-15H,3H2,1-2H3,(H2,27,29,30). The summed E-state index contributed by atoms with van der Waals surface area (Å²) in [6.07, 6.45) is 0.838. The molecule has 4 rings (SSSR count). The van der Waals surface area contributed by atoms with Gasteiger partial charge in [0.15, 0.2) is 0 Å². The molecule has 0 radical (unpaired) electrons. The molecule has 1 heterocycles. The Balaban J connectivity index is 1.61. The summed E-state index contributed by atoms with van der Waals surface area (Å²) in [5, 5.41) is 7.25. The van der Waals surface area contributed by atoms with Gasteiger partial charge >= 0.3 is 6.03 Å². The zero-order chi connectivity index (χ0) is 21.8. The molecule has 0 atom stereocenters. The molecule has 4 aromatic rings. The average Bonchev–Trinajstić information content (AvgIpc) is 2.78. The average molecular weight is 432 g/mol. The van der Waals surface area contributed by atoms with Crippen LogP contribution in [-0.2, 0) is 6.42 Å². The normalized spacial score (nSPS) is 10.7. The zero-order valence-corrected chi connectivity index (χ0v) is 18.0. The quantitative estimate of drug-likeness (QED) is 0.366. The van der Waals surface area contributed by atoms with Crippen molar-refractivity contribution in [3.05, 3.63) is 83.4 Å². The summed E-state index contributed by atoms with van der Waals surface area (Å²) in [4.78, 5) is 17.3. The second kappa shape index (κ2) is 9.06. The molecule has 3 aromatic carbocycles. The van der Waals surface area contributed by atoms with E-state index in [0.29, 0.717) is 16.5 Å². The van der Waals surface area contributed by atoms with Gasteiger partial charge in [0.25, 0.3) is 0 Å². The first-order valence-electron chi connectivity index (χ1n) is 9.98. The summed E-state index contributed by atoms with van der Waals surface area (Å²) >= 11 is 6.13. The maximum atomic E-state index is 12.5. The lowest BCUT2D eigenvalue weighted by molar-refractivity contribution is 0.262. The van der Waals surface area contributed by atoms with Gasteiger partial charge in [-0.05, 0) is 48.4 Å². The van der Waals surface area contributed by atoms with Crippen molar-refractivity contribution in [1.82, 2.24) is 4.98 Å². The number of aryl methyl sites for hydroxylation is 1. The van der Waals surface area contributed by atoms with E-state index in [1.807, 2.05) is 72.8 Å². The lowest BCUT2D eigenvalue weighted by Crippen LogP contribution is -2.20. The topological polar surface area (TPSA) is 63.2 Å². The van der Waals surface area contributed by atoms with Crippen LogP contribution in [0.4, 0.5) is 16.2 Å². The molecule has 0 saturated heterocycles. The molecule has 156 valence electrons. The minimum absolute atomic E-state index is 0.303. The van der Waals surface area contributed by atoms with Crippen molar-refractivity contribution >= 4 is 39.9 Å². The summed E-state index contributed by atoms with van der Waals surface area (Å²) in [7, 11) is 1.62. The predicted molar refractivity (Wildman–Crippen MR) is 127 cm³/mol. The number of benzene rings is 3. The van der Waals surface area contributed by atoms with Gasteiger partial charge in [-0.2, -0.15) is 0 Å². The third kappa shape index (κ3) is 4.62. The van der Waals surface area contributed by atoms with E-state index in [1.54, 1.807) is 7.11 Å². The number of hydrogen-bond donors (Lipinski definition) is 2. The van der Waals surface area contributed by atoms with Crippen LogP contribution >= 0.6 is 11.6 Å². The van der Waals surface area contributed by atoms with Gasteiger partial charge in [0.2, 0.25) is 0 Å². The number of rotatable bonds is 5. The summed E-state index contributed by atoms with van der Waals surface area (Å²) < 4.78 is 5.60. The molecule has 31 heavy (non-hydrogen) atoms. The van der Waals surface area contributed by atoms with Gasteiger partial charge in [-0.15, -0.1) is 0 Å². The molecule has 0 aliphatic rings. The molecular weight excluding hydrogens is 410 g/mol. The lowest BCUT2D eigenvalue weighted by Gasteiger charge is -2.13. The SMILES string of the molecule is CCc1ccccc1NC(=O)Nc1ccc2nc(-c3cccc(Cl)c3)cc(OC)c2c1. The number of amides is 2. The number of carbonyl (C=O) groups excluding carboxylic acids is 1. The number of hydrogen-bond acceptors (Lipinski definition) is 3. The number of anilines is 2. The predicted octanol–water partition coefficient (Wildman–Crippen LogP) is 6.77. The number of para-hydroxylation sites is 1. The zero-order valence-electron chi connectivity index (χ0n) is 17.3. The summed E-state index contributed by atoms with van der Waals surface area (Å²) in [6, 6.07) is 22.4. The molecule has 1 aromatic heterocycles. The van der Waals surface area contributed by atoms with Gasteiger partial charge in [-0.1, -0.05) is 48.9 Å². The van der Waals surface area contributed by atoms with E-state index in [9.17, 15) is 4.79 Å². The monoisotopic (exact) mass is 431 g/mol. The molecule has 0 aliphatic carbocycles. The van der Waals surface area contributed by atoms with Gasteiger partial charge < -0.3 is 15.4 Å². The number of urea groups is 1. The smallest absolute Gasteiger partial charge is 0.323 e. The lowest BCUT2D eigenvalue weighted by atomic mass is 10.1. The van der Waals surface area contributed by atoms with Crippen LogP contribution in [0.1, 0.15) is 12.5 Å². The Morgan fingerprint density at radius 1 is 1.00 bits per heavy atom. The highest BCUT2D eigenvalue weighted by molar-refractivity contribution is 6.30. The number of methoxy groups -OCH3 is 1. The highest BCUT2D eigenvalue weighted by Gasteiger charge is 2.11. The van der Waals surface area contributed by atoms with E-state index >= 15 is 0 Å². The number of pyridine rings is 1. The maximum absolute atomic E-state index is 12.5. The van der Waals surface area contributed by atoms with Crippen molar-refractivity contribution in [2.75, 3.05) is 17.7 Å². The Labute approximate surface area is 186 Å². The Kier molecular flexibility index (Phi) is 6.05. The van der Waals surface area contributed by atoms with E-state index in [2.05, 4.69) is 17.6 Å². The van der Waals surface area contributed by atoms with Crippen LogP contribution in [0.2, 0.25) is 5.02 Å². The molecule has 2 N–H and O–H groups in total. The molecule has 6 heteroatoms. The van der Waals surface area contributed by atoms with Gasteiger partial charge in [-0.25, -0.2) is 9.78 Å². The fourth-order valence-electron chi connectivity index (χ4n) is 3.47. The first kappa shape index (κ1) is 20.7. The van der Waals surface area contributed by atoms with Crippen molar-refractivity contribution in [3.8, 4) is 17.0 Å². The molecule has 0 unspecified atom stereocenters. The van der Waals surface area contributed by atoms with Gasteiger partial charge in [0.05, 0.1) is 18.3 Å². The van der Waals surface area contributed by atoms with E-state index in [4.69, 9.17) is 21.3 Å². The number of carbonyl (C=O) groups is 1. The van der Waals surface area contributed by atoms with E-state index in [-0.39, 0.29) is 6.03 Å². The number of halogens is 1. The molecule has 2 amide bonds. The van der Waals surface area contributed by atoms with E-state index < -0.39 is 0 Å². The summed E-state index contributed by atoms with van der Waals surface area (Å²) in [5.41, 5.74) is 4.96. The minimum atomic E-state index is -0.303. The first-order chi connectivity index (χ1) is 15.1. The Morgan fingerprint density at radius 3 is 2.61 bits per heavy atom. The van der Waals surface area contributed by atoms with Crippen LogP contribution in [0.3, 0.4) is 0 Å². The van der Waals surface area contributed by atoms with Crippen molar-refractivity contribution in [1.29, 1.82) is 0 Å². The first-order valence-corrected chi connectivity index (χ1v) is 10.4. The van der Waals surface area contributed by atoms with Crippen LogP contribution in [-0.4, -0.2) is 18.1 Å². The third-order valence-corrected chi connectivity index (χ3v) is 5.25. The van der Waals surface area contributed by atoms with E-state index in [0.717, 1.165) is 39.8 Å². The van der Waals surface area contributed by atoms with Crippen molar-refractivity contribution in [2.24, 2.45) is 0 Å². The van der Waals surface area contributed by atoms with Gasteiger partial charge in [-0.3, -0.25) is 0 Å². The number of ether oxygens (including phenoxy) is 1. The van der Waals surface area contributed by atoms with Gasteiger partial charge in [0, 0.05) is 33.4 Å². The Hall–Kier alpha value is -3.57. The van der Waals surface area contributed by atoms with Crippen LogP contribution in [0.5, 0.6) is 5.75 Å². The van der Waals surface area contributed by atoms with Gasteiger partial charge in [0.1, 0.15) is 5.75 Å². The molecule has 0 spiro atoms. The van der Waals surface area contributed by atoms with Crippen LogP contribution in [0, 0.1) is 0 Å². The van der Waals surface area contributed by atoms with Crippen molar-refractivity contribution in [2.45, 2.75) is 13.3 Å². The Bertz CT molecular complexity index is 1260. The van der Waals surface area contributed by atoms with Crippen LogP contribution in [0.15, 0.2) is 72.8 Å². The third-order valence-electron chi connectivity index (χ3n) is 5.02.